The first-order valence-corrected chi connectivity index (χ1v) is 11.2. The molecule has 168 valence electrons. The summed E-state index contributed by atoms with van der Waals surface area (Å²) in [4.78, 5) is 27.2. The van der Waals surface area contributed by atoms with Crippen molar-refractivity contribution in [3.05, 3.63) is 29.6 Å². The Labute approximate surface area is 181 Å². The number of nitrogens with one attached hydrogen (secondary N) is 1. The Balaban J connectivity index is 1.48. The molecule has 2 amide bonds. The van der Waals surface area contributed by atoms with Crippen LogP contribution in [-0.4, -0.2) is 66.9 Å². The van der Waals surface area contributed by atoms with Gasteiger partial charge >= 0.3 is 0 Å². The van der Waals surface area contributed by atoms with Gasteiger partial charge in [0.05, 0.1) is 30.9 Å². The van der Waals surface area contributed by atoms with E-state index in [0.29, 0.717) is 25.4 Å². The molecule has 0 unspecified atom stereocenters. The molecule has 4 aliphatic heterocycles. The van der Waals surface area contributed by atoms with E-state index in [1.807, 2.05) is 6.92 Å². The fourth-order valence-corrected chi connectivity index (χ4v) is 5.91. The minimum atomic E-state index is -0.650. The minimum absolute atomic E-state index is 0.0398. The summed E-state index contributed by atoms with van der Waals surface area (Å²) in [7, 11) is 0. The van der Waals surface area contributed by atoms with Gasteiger partial charge in [-0.15, -0.1) is 0 Å². The maximum absolute atomic E-state index is 14.0. The predicted molar refractivity (Wildman–Crippen MR) is 109 cm³/mol. The molecule has 4 heterocycles. The van der Waals surface area contributed by atoms with E-state index in [-0.39, 0.29) is 55.0 Å². The van der Waals surface area contributed by atoms with Crippen molar-refractivity contribution in [3.63, 3.8) is 0 Å². The summed E-state index contributed by atoms with van der Waals surface area (Å²) >= 11 is 0. The predicted octanol–water partition coefficient (Wildman–Crippen LogP) is 2.14. The Morgan fingerprint density at radius 1 is 1.16 bits per heavy atom. The molecule has 1 N–H and O–H groups in total. The second kappa shape index (κ2) is 8.06. The Kier molecular flexibility index (Phi) is 5.38. The highest BCUT2D eigenvalue weighted by Crippen LogP contribution is 2.41. The molecule has 1 saturated carbocycles. The van der Waals surface area contributed by atoms with Gasteiger partial charge in [-0.3, -0.25) is 9.59 Å². The summed E-state index contributed by atoms with van der Waals surface area (Å²) in [5, 5.41) is 3.11. The molecule has 1 spiro atoms. The van der Waals surface area contributed by atoms with Crippen LogP contribution in [0.15, 0.2) is 18.2 Å². The standard InChI is InChI=1S/C23H29FN2O5/c1-14-9-23(13-29-11-21(27)25-23)20-10-30-17-5-2-15(3-6-17)18-8-16(24)4-7-19(18)31-12-22(28)26(14)20/h4,7-8,14-15,17,20H,2-3,5-6,9-13H2,1H3,(H,25,27)/t14-,15-,17+,20-,23+/m1/s1. The van der Waals surface area contributed by atoms with Crippen LogP contribution in [0.3, 0.4) is 0 Å². The molecule has 31 heavy (non-hydrogen) atoms. The number of hydrogen-bond acceptors (Lipinski definition) is 5. The maximum Gasteiger partial charge on any atom is 0.261 e. The largest absolute Gasteiger partial charge is 0.483 e. The van der Waals surface area contributed by atoms with Crippen molar-refractivity contribution in [2.45, 2.75) is 68.7 Å². The second-order valence-electron chi connectivity index (χ2n) is 9.34. The number of rotatable bonds is 0. The van der Waals surface area contributed by atoms with Gasteiger partial charge in [-0.1, -0.05) is 0 Å². The highest BCUT2D eigenvalue weighted by atomic mass is 19.1. The van der Waals surface area contributed by atoms with Crippen molar-refractivity contribution in [3.8, 4) is 5.75 Å². The Hall–Kier alpha value is -2.19. The van der Waals surface area contributed by atoms with Gasteiger partial charge in [-0.25, -0.2) is 4.39 Å². The molecule has 1 aliphatic carbocycles. The van der Waals surface area contributed by atoms with Crippen LogP contribution >= 0.6 is 0 Å². The van der Waals surface area contributed by atoms with E-state index >= 15 is 0 Å². The van der Waals surface area contributed by atoms with Crippen LogP contribution in [0, 0.1) is 5.82 Å². The monoisotopic (exact) mass is 432 g/mol. The summed E-state index contributed by atoms with van der Waals surface area (Å²) in [6.07, 6.45) is 4.19. The number of ether oxygens (including phenoxy) is 3. The Bertz CT molecular complexity index is 872. The van der Waals surface area contributed by atoms with E-state index < -0.39 is 5.54 Å². The number of carbonyl (C=O) groups is 2. The minimum Gasteiger partial charge on any atom is -0.483 e. The number of halogens is 1. The van der Waals surface area contributed by atoms with Crippen molar-refractivity contribution in [1.29, 1.82) is 0 Å². The van der Waals surface area contributed by atoms with E-state index in [9.17, 15) is 14.0 Å². The average Bonchev–Trinajstić information content (AvgIpc) is 3.01. The van der Waals surface area contributed by atoms with E-state index in [2.05, 4.69) is 5.32 Å². The van der Waals surface area contributed by atoms with Gasteiger partial charge in [-0.2, -0.15) is 0 Å². The lowest BCUT2D eigenvalue weighted by Crippen LogP contribution is -2.65. The fourth-order valence-electron chi connectivity index (χ4n) is 5.91. The number of hydrogen-bond donors (Lipinski definition) is 1. The number of carbonyl (C=O) groups excluding carboxylic acids is 2. The summed E-state index contributed by atoms with van der Waals surface area (Å²) < 4.78 is 31.8. The first kappa shape index (κ1) is 20.7. The number of amides is 2. The molecule has 1 aromatic carbocycles. The third kappa shape index (κ3) is 3.80. The van der Waals surface area contributed by atoms with Crippen molar-refractivity contribution >= 4 is 11.8 Å². The second-order valence-corrected chi connectivity index (χ2v) is 9.34. The molecule has 7 nitrogen and oxygen atoms in total. The molecule has 1 aromatic rings. The van der Waals surface area contributed by atoms with Gasteiger partial charge in [0.1, 0.15) is 18.2 Å². The van der Waals surface area contributed by atoms with Crippen molar-refractivity contribution in [2.75, 3.05) is 26.4 Å². The van der Waals surface area contributed by atoms with Crippen LogP contribution in [0.5, 0.6) is 5.75 Å². The molecule has 3 fully saturated rings. The number of fused-ring (bicyclic) bond motifs is 5. The highest BCUT2D eigenvalue weighted by molar-refractivity contribution is 5.81. The van der Waals surface area contributed by atoms with Crippen LogP contribution in [0.4, 0.5) is 4.39 Å². The first-order chi connectivity index (χ1) is 14.9. The number of morpholine rings is 1. The fraction of sp³-hybridized carbons (Fsp3) is 0.652. The van der Waals surface area contributed by atoms with Gasteiger partial charge < -0.3 is 24.4 Å². The van der Waals surface area contributed by atoms with Crippen LogP contribution in [0.25, 0.3) is 0 Å². The molecule has 2 saturated heterocycles. The summed E-state index contributed by atoms with van der Waals surface area (Å²) in [6.45, 7) is 2.58. The molecule has 3 atom stereocenters. The van der Waals surface area contributed by atoms with Crippen LogP contribution in [0.1, 0.15) is 50.5 Å². The zero-order valence-electron chi connectivity index (χ0n) is 17.8. The summed E-state index contributed by atoms with van der Waals surface area (Å²) in [5.41, 5.74) is 0.184. The molecular formula is C23H29FN2O5. The highest BCUT2D eigenvalue weighted by Gasteiger charge is 2.55. The summed E-state index contributed by atoms with van der Waals surface area (Å²) in [6, 6.07) is 4.12. The lowest BCUT2D eigenvalue weighted by atomic mass is 9.82. The van der Waals surface area contributed by atoms with Crippen molar-refractivity contribution < 1.29 is 28.2 Å². The third-order valence-corrected chi connectivity index (χ3v) is 7.30. The van der Waals surface area contributed by atoms with Gasteiger partial charge in [0.25, 0.3) is 5.91 Å². The smallest absolute Gasteiger partial charge is 0.261 e. The van der Waals surface area contributed by atoms with Gasteiger partial charge in [0.15, 0.2) is 6.61 Å². The molecule has 5 aliphatic rings. The van der Waals surface area contributed by atoms with Crippen LogP contribution < -0.4 is 10.1 Å². The van der Waals surface area contributed by atoms with Gasteiger partial charge in [0, 0.05) is 11.6 Å². The topological polar surface area (TPSA) is 77.1 Å². The van der Waals surface area contributed by atoms with Crippen molar-refractivity contribution in [1.82, 2.24) is 10.2 Å². The zero-order valence-corrected chi connectivity index (χ0v) is 17.8. The van der Waals surface area contributed by atoms with E-state index in [1.54, 1.807) is 11.0 Å². The molecule has 6 rings (SSSR count). The van der Waals surface area contributed by atoms with Crippen molar-refractivity contribution in [2.24, 2.45) is 0 Å². The Morgan fingerprint density at radius 2 is 1.97 bits per heavy atom. The Morgan fingerprint density at radius 3 is 2.74 bits per heavy atom. The van der Waals surface area contributed by atoms with Gasteiger partial charge in [0.2, 0.25) is 5.91 Å². The maximum atomic E-state index is 14.0. The SMILES string of the molecule is C[C@@H]1C[C@]2(COCC(=O)N2)[C@H]2CO[C@H]3CC[C@H](CC3)c3cc(F)ccc3OCC(=O)N12. The lowest BCUT2D eigenvalue weighted by Gasteiger charge is -2.41. The molecule has 2 bridgehead atoms. The quantitative estimate of drug-likeness (QED) is 0.680. The number of nitrogens with zero attached hydrogens (tertiary/aromatic N) is 1. The molecule has 0 aromatic heterocycles. The average molecular weight is 432 g/mol. The first-order valence-electron chi connectivity index (χ1n) is 11.2. The van der Waals surface area contributed by atoms with Gasteiger partial charge in [-0.05, 0) is 63.1 Å². The zero-order chi connectivity index (χ0) is 21.6. The molecule has 0 radical (unpaired) electrons. The normalized spacial score (nSPS) is 36.0. The summed E-state index contributed by atoms with van der Waals surface area (Å²) in [5.74, 6) is 0.144. The number of benzene rings is 1. The van der Waals surface area contributed by atoms with E-state index in [4.69, 9.17) is 14.2 Å². The van der Waals surface area contributed by atoms with Crippen LogP contribution in [-0.2, 0) is 19.1 Å². The van der Waals surface area contributed by atoms with E-state index in [1.165, 1.54) is 12.1 Å². The molecular weight excluding hydrogens is 403 g/mol. The van der Waals surface area contributed by atoms with Crippen LogP contribution in [0.2, 0.25) is 0 Å². The van der Waals surface area contributed by atoms with E-state index in [0.717, 1.165) is 31.2 Å². The lowest BCUT2D eigenvalue weighted by molar-refractivity contribution is -0.145. The molecule has 8 heteroatoms. The third-order valence-electron chi connectivity index (χ3n) is 7.30.